The molecule has 1 aromatic heterocycles. The van der Waals surface area contributed by atoms with E-state index in [4.69, 9.17) is 5.73 Å². The van der Waals surface area contributed by atoms with Crippen LogP contribution in [0.15, 0.2) is 18.3 Å². The third-order valence-corrected chi connectivity index (χ3v) is 2.26. The normalized spacial score (nSPS) is 10.8. The number of nitrogens with one attached hydrogen (secondary N) is 1. The van der Waals surface area contributed by atoms with Gasteiger partial charge in [-0.05, 0) is 26.0 Å². The molecule has 92 valence electrons. The van der Waals surface area contributed by atoms with E-state index in [1.165, 1.54) is 13.3 Å². The molecule has 1 heterocycles. The fourth-order valence-corrected chi connectivity index (χ4v) is 1.14. The Morgan fingerprint density at radius 3 is 2.65 bits per heavy atom. The number of rotatable bonds is 4. The van der Waals surface area contributed by atoms with Crippen molar-refractivity contribution in [3.8, 4) is 0 Å². The number of methoxy groups -OCH3 is 1. The van der Waals surface area contributed by atoms with Crippen molar-refractivity contribution >= 4 is 17.7 Å². The first-order chi connectivity index (χ1) is 7.88. The van der Waals surface area contributed by atoms with Crippen molar-refractivity contribution in [1.82, 2.24) is 4.98 Å². The molecule has 0 saturated carbocycles. The minimum atomic E-state index is -1.00. The number of aromatic nitrogens is 1. The zero-order chi connectivity index (χ0) is 13.1. The molecule has 0 aliphatic carbocycles. The van der Waals surface area contributed by atoms with Gasteiger partial charge in [0.15, 0.2) is 0 Å². The second kappa shape index (κ2) is 4.82. The summed E-state index contributed by atoms with van der Waals surface area (Å²) in [4.78, 5) is 26.7. The molecular formula is C11H15N3O3. The summed E-state index contributed by atoms with van der Waals surface area (Å²) in [7, 11) is 1.28. The third kappa shape index (κ3) is 2.93. The smallest absolute Gasteiger partial charge is 0.341 e. The lowest BCUT2D eigenvalue weighted by atomic mass is 10.0. The fraction of sp³-hybridized carbons (Fsp3) is 0.364. The maximum absolute atomic E-state index is 11.5. The SMILES string of the molecule is COC(=O)c1cccnc1NC(C)(C)C(N)=O. The van der Waals surface area contributed by atoms with Crippen molar-refractivity contribution in [2.24, 2.45) is 5.73 Å². The Bertz CT molecular complexity index is 443. The molecular weight excluding hydrogens is 222 g/mol. The Kier molecular flexibility index (Phi) is 3.67. The second-order valence-electron chi connectivity index (χ2n) is 4.01. The lowest BCUT2D eigenvalue weighted by Crippen LogP contribution is -2.45. The van der Waals surface area contributed by atoms with Gasteiger partial charge in [-0.15, -0.1) is 0 Å². The van der Waals surface area contributed by atoms with E-state index >= 15 is 0 Å². The number of primary amides is 1. The van der Waals surface area contributed by atoms with E-state index in [-0.39, 0.29) is 11.4 Å². The number of ether oxygens (including phenoxy) is 1. The van der Waals surface area contributed by atoms with E-state index in [1.807, 2.05) is 0 Å². The van der Waals surface area contributed by atoms with Crippen molar-refractivity contribution in [2.45, 2.75) is 19.4 Å². The van der Waals surface area contributed by atoms with Crippen molar-refractivity contribution in [3.63, 3.8) is 0 Å². The number of nitrogens with zero attached hydrogens (tertiary/aromatic N) is 1. The van der Waals surface area contributed by atoms with Gasteiger partial charge in [0.2, 0.25) is 5.91 Å². The summed E-state index contributed by atoms with van der Waals surface area (Å²) in [5.41, 5.74) is 4.48. The molecule has 0 radical (unpaired) electrons. The third-order valence-electron chi connectivity index (χ3n) is 2.26. The predicted molar refractivity (Wildman–Crippen MR) is 62.5 cm³/mol. The number of amides is 1. The zero-order valence-electron chi connectivity index (χ0n) is 9.98. The fourth-order valence-electron chi connectivity index (χ4n) is 1.14. The quantitative estimate of drug-likeness (QED) is 0.745. The topological polar surface area (TPSA) is 94.3 Å². The largest absolute Gasteiger partial charge is 0.465 e. The average molecular weight is 237 g/mol. The number of hydrogen-bond donors (Lipinski definition) is 2. The van der Waals surface area contributed by atoms with E-state index < -0.39 is 17.4 Å². The van der Waals surface area contributed by atoms with Gasteiger partial charge in [-0.1, -0.05) is 0 Å². The molecule has 0 unspecified atom stereocenters. The molecule has 0 fully saturated rings. The van der Waals surface area contributed by atoms with E-state index in [2.05, 4.69) is 15.0 Å². The summed E-state index contributed by atoms with van der Waals surface area (Å²) in [6.07, 6.45) is 1.51. The Morgan fingerprint density at radius 1 is 1.47 bits per heavy atom. The van der Waals surface area contributed by atoms with Gasteiger partial charge in [-0.25, -0.2) is 9.78 Å². The van der Waals surface area contributed by atoms with Gasteiger partial charge in [0.1, 0.15) is 16.9 Å². The molecule has 6 nitrogen and oxygen atoms in total. The van der Waals surface area contributed by atoms with Gasteiger partial charge in [-0.3, -0.25) is 4.79 Å². The van der Waals surface area contributed by atoms with Crippen LogP contribution in [0.25, 0.3) is 0 Å². The van der Waals surface area contributed by atoms with Crippen LogP contribution >= 0.6 is 0 Å². The predicted octanol–water partition coefficient (Wildman–Crippen LogP) is 0.544. The molecule has 0 aliphatic heterocycles. The van der Waals surface area contributed by atoms with Gasteiger partial charge >= 0.3 is 5.97 Å². The van der Waals surface area contributed by atoms with Crippen molar-refractivity contribution in [3.05, 3.63) is 23.9 Å². The molecule has 0 saturated heterocycles. The Labute approximate surface area is 99.2 Å². The summed E-state index contributed by atoms with van der Waals surface area (Å²) in [5, 5.41) is 2.82. The summed E-state index contributed by atoms with van der Waals surface area (Å²) >= 11 is 0. The van der Waals surface area contributed by atoms with Crippen LogP contribution in [0.5, 0.6) is 0 Å². The highest BCUT2D eigenvalue weighted by molar-refractivity contribution is 5.96. The van der Waals surface area contributed by atoms with E-state index in [0.29, 0.717) is 0 Å². The first-order valence-corrected chi connectivity index (χ1v) is 5.00. The average Bonchev–Trinajstić information content (AvgIpc) is 2.28. The minimum Gasteiger partial charge on any atom is -0.465 e. The van der Waals surface area contributed by atoms with Crippen molar-refractivity contribution in [2.75, 3.05) is 12.4 Å². The van der Waals surface area contributed by atoms with Crippen molar-refractivity contribution in [1.29, 1.82) is 0 Å². The summed E-state index contributed by atoms with van der Waals surface area (Å²) in [6.45, 7) is 3.20. The van der Waals surface area contributed by atoms with Crippen LogP contribution in [-0.2, 0) is 9.53 Å². The molecule has 0 atom stereocenters. The molecule has 17 heavy (non-hydrogen) atoms. The van der Waals surface area contributed by atoms with Gasteiger partial charge < -0.3 is 15.8 Å². The number of hydrogen-bond acceptors (Lipinski definition) is 5. The van der Waals surface area contributed by atoms with Gasteiger partial charge in [0.05, 0.1) is 7.11 Å². The highest BCUT2D eigenvalue weighted by atomic mass is 16.5. The van der Waals surface area contributed by atoms with Gasteiger partial charge in [-0.2, -0.15) is 0 Å². The van der Waals surface area contributed by atoms with Crippen LogP contribution in [0.4, 0.5) is 5.82 Å². The minimum absolute atomic E-state index is 0.254. The number of pyridine rings is 1. The Balaban J connectivity index is 3.07. The van der Waals surface area contributed by atoms with E-state index in [0.717, 1.165) is 0 Å². The summed E-state index contributed by atoms with van der Waals surface area (Å²) in [6, 6.07) is 3.16. The number of anilines is 1. The molecule has 1 amide bonds. The Morgan fingerprint density at radius 2 is 2.12 bits per heavy atom. The lowest BCUT2D eigenvalue weighted by molar-refractivity contribution is -0.121. The maximum atomic E-state index is 11.5. The molecule has 1 aromatic rings. The van der Waals surface area contributed by atoms with Gasteiger partial charge in [0, 0.05) is 6.20 Å². The molecule has 0 spiro atoms. The highest BCUT2D eigenvalue weighted by Crippen LogP contribution is 2.17. The molecule has 0 aromatic carbocycles. The molecule has 0 bridgehead atoms. The lowest BCUT2D eigenvalue weighted by Gasteiger charge is -2.23. The standard InChI is InChI=1S/C11H15N3O3/c1-11(2,10(12)16)14-8-7(9(15)17-3)5-4-6-13-8/h4-6H,1-3H3,(H2,12,16)(H,13,14). The summed E-state index contributed by atoms with van der Waals surface area (Å²) in [5.74, 6) is -0.803. The van der Waals surface area contributed by atoms with Crippen LogP contribution in [0.3, 0.4) is 0 Å². The van der Waals surface area contributed by atoms with Crippen LogP contribution in [0.2, 0.25) is 0 Å². The van der Waals surface area contributed by atoms with Gasteiger partial charge in [0.25, 0.3) is 0 Å². The van der Waals surface area contributed by atoms with E-state index in [1.54, 1.807) is 26.0 Å². The molecule has 1 rings (SSSR count). The first-order valence-electron chi connectivity index (χ1n) is 5.00. The highest BCUT2D eigenvalue weighted by Gasteiger charge is 2.27. The van der Waals surface area contributed by atoms with E-state index in [9.17, 15) is 9.59 Å². The van der Waals surface area contributed by atoms with Crippen LogP contribution in [-0.4, -0.2) is 29.5 Å². The molecule has 6 heteroatoms. The number of carbonyl (C=O) groups excluding carboxylic acids is 2. The summed E-state index contributed by atoms with van der Waals surface area (Å²) < 4.78 is 4.62. The van der Waals surface area contributed by atoms with Crippen LogP contribution < -0.4 is 11.1 Å². The number of esters is 1. The second-order valence-corrected chi connectivity index (χ2v) is 4.01. The van der Waals surface area contributed by atoms with Crippen LogP contribution in [0, 0.1) is 0 Å². The number of carbonyl (C=O) groups is 2. The van der Waals surface area contributed by atoms with Crippen LogP contribution in [0.1, 0.15) is 24.2 Å². The Hall–Kier alpha value is -2.11. The zero-order valence-corrected chi connectivity index (χ0v) is 9.98. The maximum Gasteiger partial charge on any atom is 0.341 e. The molecule has 0 aliphatic rings. The monoisotopic (exact) mass is 237 g/mol. The van der Waals surface area contributed by atoms with Crippen molar-refractivity contribution < 1.29 is 14.3 Å². The molecule has 3 N–H and O–H groups in total. The first kappa shape index (κ1) is 13.0. The number of nitrogens with two attached hydrogens (primary N) is 1.